The third kappa shape index (κ3) is 3.25. The van der Waals surface area contributed by atoms with E-state index in [0.29, 0.717) is 12.5 Å². The van der Waals surface area contributed by atoms with E-state index in [0.717, 1.165) is 0 Å². The van der Waals surface area contributed by atoms with Crippen LogP contribution < -0.4 is 5.48 Å². The second kappa shape index (κ2) is 4.61. The van der Waals surface area contributed by atoms with Gasteiger partial charge in [-0.2, -0.15) is 0 Å². The van der Waals surface area contributed by atoms with Gasteiger partial charge in [0.15, 0.2) is 5.69 Å². The van der Waals surface area contributed by atoms with Gasteiger partial charge in [0.2, 0.25) is 0 Å². The first-order valence-corrected chi connectivity index (χ1v) is 4.02. The molecule has 0 unspecified atom stereocenters. The molecule has 13 heavy (non-hydrogen) atoms. The summed E-state index contributed by atoms with van der Waals surface area (Å²) in [6.07, 6.45) is 1.33. The molecule has 5 nitrogen and oxygen atoms in total. The summed E-state index contributed by atoms with van der Waals surface area (Å²) in [5.74, 6) is -0.0213. The quantitative estimate of drug-likeness (QED) is 0.709. The van der Waals surface area contributed by atoms with Crippen LogP contribution in [0.3, 0.4) is 0 Å². The molecular formula is C8H12N2O3. The Morgan fingerprint density at radius 1 is 1.77 bits per heavy atom. The standard InChI is InChI=1S/C8H12N2O3/c1-6(2)5-13-10-8(11)7-3-4-12-9-7/h3-4,6H,5H2,1-2H3,(H,10,11). The van der Waals surface area contributed by atoms with Gasteiger partial charge in [-0.15, -0.1) is 0 Å². The van der Waals surface area contributed by atoms with Gasteiger partial charge >= 0.3 is 0 Å². The first-order chi connectivity index (χ1) is 6.20. The number of nitrogens with zero attached hydrogens (tertiary/aromatic N) is 1. The van der Waals surface area contributed by atoms with E-state index in [1.165, 1.54) is 12.3 Å². The lowest BCUT2D eigenvalue weighted by atomic mass is 10.2. The molecule has 1 heterocycles. The van der Waals surface area contributed by atoms with Crippen LogP contribution in [-0.4, -0.2) is 17.7 Å². The number of hydrogen-bond acceptors (Lipinski definition) is 4. The van der Waals surface area contributed by atoms with E-state index in [1.54, 1.807) is 0 Å². The van der Waals surface area contributed by atoms with Gasteiger partial charge in [0.1, 0.15) is 6.26 Å². The SMILES string of the molecule is CC(C)CONC(=O)c1ccon1. The van der Waals surface area contributed by atoms with Crippen LogP contribution >= 0.6 is 0 Å². The fourth-order valence-electron chi connectivity index (χ4n) is 0.656. The molecule has 5 heteroatoms. The van der Waals surface area contributed by atoms with Crippen LogP contribution in [0.5, 0.6) is 0 Å². The third-order valence-corrected chi connectivity index (χ3v) is 1.25. The monoisotopic (exact) mass is 184 g/mol. The minimum Gasteiger partial charge on any atom is -0.364 e. The molecule has 1 rings (SSSR count). The van der Waals surface area contributed by atoms with Crippen molar-refractivity contribution < 1.29 is 14.2 Å². The molecule has 72 valence electrons. The third-order valence-electron chi connectivity index (χ3n) is 1.25. The molecular weight excluding hydrogens is 172 g/mol. The molecule has 0 fully saturated rings. The van der Waals surface area contributed by atoms with Gasteiger partial charge in [-0.05, 0) is 5.92 Å². The van der Waals surface area contributed by atoms with Gasteiger partial charge in [-0.25, -0.2) is 5.48 Å². The average molecular weight is 184 g/mol. The predicted octanol–water partition coefficient (Wildman–Crippen LogP) is 0.992. The highest BCUT2D eigenvalue weighted by molar-refractivity contribution is 5.91. The fourth-order valence-corrected chi connectivity index (χ4v) is 0.656. The van der Waals surface area contributed by atoms with E-state index < -0.39 is 5.91 Å². The highest BCUT2D eigenvalue weighted by Gasteiger charge is 2.08. The molecule has 1 aromatic heterocycles. The average Bonchev–Trinajstić information content (AvgIpc) is 2.55. The molecule has 0 saturated carbocycles. The van der Waals surface area contributed by atoms with Gasteiger partial charge in [0.25, 0.3) is 5.91 Å². The Morgan fingerprint density at radius 2 is 2.54 bits per heavy atom. The lowest BCUT2D eigenvalue weighted by Gasteiger charge is -2.05. The van der Waals surface area contributed by atoms with Crippen molar-refractivity contribution in [1.29, 1.82) is 0 Å². The minimum absolute atomic E-state index is 0.212. The van der Waals surface area contributed by atoms with Crippen LogP contribution in [0.4, 0.5) is 0 Å². The molecule has 0 aliphatic heterocycles. The van der Waals surface area contributed by atoms with Crippen molar-refractivity contribution in [2.75, 3.05) is 6.61 Å². The number of hydrogen-bond donors (Lipinski definition) is 1. The zero-order chi connectivity index (χ0) is 9.68. The Bertz CT molecular complexity index is 256. The molecule has 0 aromatic carbocycles. The highest BCUT2D eigenvalue weighted by atomic mass is 16.7. The van der Waals surface area contributed by atoms with Crippen molar-refractivity contribution in [3.05, 3.63) is 18.0 Å². The van der Waals surface area contributed by atoms with Crippen LogP contribution in [-0.2, 0) is 4.84 Å². The first-order valence-electron chi connectivity index (χ1n) is 4.02. The van der Waals surface area contributed by atoms with Crippen LogP contribution in [0, 0.1) is 5.92 Å². The molecule has 0 aliphatic rings. The zero-order valence-corrected chi connectivity index (χ0v) is 7.61. The second-order valence-corrected chi connectivity index (χ2v) is 3.02. The van der Waals surface area contributed by atoms with E-state index in [-0.39, 0.29) is 5.69 Å². The lowest BCUT2D eigenvalue weighted by Crippen LogP contribution is -2.25. The lowest BCUT2D eigenvalue weighted by molar-refractivity contribution is 0.0202. The number of amides is 1. The summed E-state index contributed by atoms with van der Waals surface area (Å²) in [7, 11) is 0. The molecule has 0 bridgehead atoms. The number of rotatable bonds is 4. The van der Waals surface area contributed by atoms with E-state index in [2.05, 4.69) is 15.2 Å². The largest absolute Gasteiger partial charge is 0.364 e. The Balaban J connectivity index is 2.27. The summed E-state index contributed by atoms with van der Waals surface area (Å²) in [6, 6.07) is 1.47. The predicted molar refractivity (Wildman–Crippen MR) is 44.8 cm³/mol. The smallest absolute Gasteiger partial charge is 0.296 e. The van der Waals surface area contributed by atoms with Crippen molar-refractivity contribution in [3.8, 4) is 0 Å². The number of aromatic nitrogens is 1. The van der Waals surface area contributed by atoms with Gasteiger partial charge in [-0.3, -0.25) is 9.63 Å². The van der Waals surface area contributed by atoms with Gasteiger partial charge in [0, 0.05) is 6.07 Å². The number of nitrogens with one attached hydrogen (secondary N) is 1. The van der Waals surface area contributed by atoms with E-state index in [9.17, 15) is 4.79 Å². The van der Waals surface area contributed by atoms with Crippen LogP contribution in [0.15, 0.2) is 16.9 Å². The van der Waals surface area contributed by atoms with E-state index in [4.69, 9.17) is 4.84 Å². The van der Waals surface area contributed by atoms with Crippen LogP contribution in [0.2, 0.25) is 0 Å². The molecule has 0 atom stereocenters. The number of carbonyl (C=O) groups is 1. The fraction of sp³-hybridized carbons (Fsp3) is 0.500. The molecule has 0 saturated heterocycles. The molecule has 1 N–H and O–H groups in total. The Labute approximate surface area is 76.0 Å². The van der Waals surface area contributed by atoms with E-state index >= 15 is 0 Å². The van der Waals surface area contributed by atoms with E-state index in [1.807, 2.05) is 13.8 Å². The maximum absolute atomic E-state index is 11.1. The Morgan fingerprint density at radius 3 is 3.08 bits per heavy atom. The highest BCUT2D eigenvalue weighted by Crippen LogP contribution is 1.95. The van der Waals surface area contributed by atoms with Crippen molar-refractivity contribution in [2.45, 2.75) is 13.8 Å². The first kappa shape index (κ1) is 9.73. The number of hydroxylamine groups is 1. The number of carbonyl (C=O) groups excluding carboxylic acids is 1. The molecule has 1 aromatic rings. The van der Waals surface area contributed by atoms with Gasteiger partial charge in [0.05, 0.1) is 6.61 Å². The molecule has 0 aliphatic carbocycles. The zero-order valence-electron chi connectivity index (χ0n) is 7.61. The Hall–Kier alpha value is -1.36. The summed E-state index contributed by atoms with van der Waals surface area (Å²) in [4.78, 5) is 16.0. The summed E-state index contributed by atoms with van der Waals surface area (Å²) in [6.45, 7) is 4.45. The molecule has 0 radical (unpaired) electrons. The maximum Gasteiger partial charge on any atom is 0.296 e. The van der Waals surface area contributed by atoms with Gasteiger partial charge < -0.3 is 4.52 Å². The van der Waals surface area contributed by atoms with Crippen molar-refractivity contribution in [2.24, 2.45) is 5.92 Å². The second-order valence-electron chi connectivity index (χ2n) is 3.02. The topological polar surface area (TPSA) is 64.4 Å². The molecule has 0 spiro atoms. The maximum atomic E-state index is 11.1. The van der Waals surface area contributed by atoms with Crippen molar-refractivity contribution in [1.82, 2.24) is 10.6 Å². The Kier molecular flexibility index (Phi) is 3.45. The summed E-state index contributed by atoms with van der Waals surface area (Å²) >= 11 is 0. The molecule has 1 amide bonds. The normalized spacial score (nSPS) is 10.4. The van der Waals surface area contributed by atoms with Crippen molar-refractivity contribution >= 4 is 5.91 Å². The van der Waals surface area contributed by atoms with Crippen LogP contribution in [0.1, 0.15) is 24.3 Å². The van der Waals surface area contributed by atoms with Crippen LogP contribution in [0.25, 0.3) is 0 Å². The summed E-state index contributed by atoms with van der Waals surface area (Å²) in [5.41, 5.74) is 2.47. The summed E-state index contributed by atoms with van der Waals surface area (Å²) < 4.78 is 4.50. The summed E-state index contributed by atoms with van der Waals surface area (Å²) in [5, 5.41) is 3.45. The van der Waals surface area contributed by atoms with Crippen molar-refractivity contribution in [3.63, 3.8) is 0 Å². The van der Waals surface area contributed by atoms with Gasteiger partial charge in [-0.1, -0.05) is 19.0 Å². The minimum atomic E-state index is -0.394.